The maximum absolute atomic E-state index is 12.2. The normalized spacial score (nSPS) is 11.5. The van der Waals surface area contributed by atoms with Crippen LogP contribution in [0.1, 0.15) is 13.8 Å². The second-order valence-electron chi connectivity index (χ2n) is 3.39. The second kappa shape index (κ2) is 6.81. The number of hydrogen-bond acceptors (Lipinski definition) is 3. The fourth-order valence-corrected chi connectivity index (χ4v) is 1.52. The van der Waals surface area contributed by atoms with Crippen molar-refractivity contribution in [3.8, 4) is 0 Å². The molecule has 0 atom stereocenters. The van der Waals surface area contributed by atoms with Gasteiger partial charge in [0.2, 0.25) is 5.76 Å². The Morgan fingerprint density at radius 3 is 2.50 bits per heavy atom. The van der Waals surface area contributed by atoms with E-state index in [1.54, 1.807) is 38.1 Å². The summed E-state index contributed by atoms with van der Waals surface area (Å²) >= 11 is 5.85. The molecule has 0 spiro atoms. The Kier molecular flexibility index (Phi) is 5.39. The molecule has 0 saturated heterocycles. The van der Waals surface area contributed by atoms with Gasteiger partial charge in [0.25, 0.3) is 0 Å². The number of benzene rings is 1. The van der Waals surface area contributed by atoms with E-state index in [4.69, 9.17) is 16.3 Å². The lowest BCUT2D eigenvalue weighted by Crippen LogP contribution is -2.28. The zero-order chi connectivity index (χ0) is 13.5. The highest BCUT2D eigenvalue weighted by molar-refractivity contribution is 6.31. The molecule has 0 radical (unpaired) electrons. The Bertz CT molecular complexity index is 453. The van der Waals surface area contributed by atoms with Gasteiger partial charge in [-0.25, -0.2) is 0 Å². The van der Waals surface area contributed by atoms with Crippen molar-refractivity contribution < 1.29 is 9.53 Å². The van der Waals surface area contributed by atoms with Gasteiger partial charge in [0, 0.05) is 6.72 Å². The zero-order valence-electron chi connectivity index (χ0n) is 10.4. The molecule has 4 nitrogen and oxygen atoms in total. The van der Waals surface area contributed by atoms with Gasteiger partial charge in [0.05, 0.1) is 17.3 Å². The van der Waals surface area contributed by atoms with Crippen LogP contribution in [-0.4, -0.2) is 19.2 Å². The summed E-state index contributed by atoms with van der Waals surface area (Å²) in [6.07, 6.45) is 0. The van der Waals surface area contributed by atoms with E-state index in [0.29, 0.717) is 12.3 Å². The number of para-hydroxylation sites is 1. The minimum atomic E-state index is -0.439. The molecule has 0 saturated carbocycles. The first-order valence-electron chi connectivity index (χ1n) is 5.47. The van der Waals surface area contributed by atoms with Crippen LogP contribution in [0.3, 0.4) is 0 Å². The van der Waals surface area contributed by atoms with Gasteiger partial charge in [0.1, 0.15) is 0 Å². The Hall–Kier alpha value is -1.81. The van der Waals surface area contributed by atoms with Crippen LogP contribution in [0.2, 0.25) is 0 Å². The number of anilines is 1. The first-order valence-corrected chi connectivity index (χ1v) is 5.85. The van der Waals surface area contributed by atoms with Gasteiger partial charge in [-0.3, -0.25) is 4.79 Å². The first-order chi connectivity index (χ1) is 8.61. The second-order valence-corrected chi connectivity index (χ2v) is 3.96. The average Bonchev–Trinajstić information content (AvgIpc) is 2.37. The van der Waals surface area contributed by atoms with Crippen molar-refractivity contribution in [3.05, 3.63) is 41.1 Å². The number of carbonyl (C=O) groups is 1. The summed E-state index contributed by atoms with van der Waals surface area (Å²) in [5.41, 5.74) is 0.604. The Morgan fingerprint density at radius 2 is 2.06 bits per heavy atom. The topological polar surface area (TPSA) is 41.9 Å². The van der Waals surface area contributed by atoms with E-state index in [0.717, 1.165) is 5.01 Å². The number of nitrogens with zero attached hydrogens (tertiary/aromatic N) is 2. The lowest BCUT2D eigenvalue weighted by Gasteiger charge is -2.18. The van der Waals surface area contributed by atoms with E-state index in [2.05, 4.69) is 11.8 Å². The zero-order valence-corrected chi connectivity index (χ0v) is 11.1. The van der Waals surface area contributed by atoms with Crippen LogP contribution in [0.5, 0.6) is 0 Å². The van der Waals surface area contributed by atoms with Crippen molar-refractivity contribution in [2.45, 2.75) is 13.8 Å². The van der Waals surface area contributed by atoms with Crippen LogP contribution in [-0.2, 0) is 9.53 Å². The van der Waals surface area contributed by atoms with E-state index in [9.17, 15) is 4.79 Å². The Morgan fingerprint density at radius 1 is 1.44 bits per heavy atom. The highest BCUT2D eigenvalue weighted by atomic mass is 35.5. The van der Waals surface area contributed by atoms with Gasteiger partial charge in [0.15, 0.2) is 0 Å². The standard InChI is InChI=1S/C13H15ClN2O2/c1-4-18-12(10(2)14)13(17)16(15-3)11-8-6-5-7-9-11/h5-9H,3-4H2,1-2H3/b12-10-. The molecule has 0 N–H and O–H groups in total. The number of ether oxygens (including phenoxy) is 1. The summed E-state index contributed by atoms with van der Waals surface area (Å²) in [7, 11) is 0. The molecule has 0 unspecified atom stereocenters. The number of hydrazone groups is 1. The molecule has 1 rings (SSSR count). The number of halogens is 1. The predicted octanol–water partition coefficient (Wildman–Crippen LogP) is 3.14. The third-order valence-corrected chi connectivity index (χ3v) is 2.30. The molecule has 0 fully saturated rings. The molecule has 1 aromatic carbocycles. The van der Waals surface area contributed by atoms with E-state index in [-0.39, 0.29) is 10.8 Å². The van der Waals surface area contributed by atoms with Gasteiger partial charge < -0.3 is 4.74 Å². The smallest absolute Gasteiger partial charge is 0.314 e. The molecule has 5 heteroatoms. The van der Waals surface area contributed by atoms with Crippen LogP contribution in [0, 0.1) is 0 Å². The molecule has 0 aromatic heterocycles. The molecule has 0 aliphatic carbocycles. The highest BCUT2D eigenvalue weighted by Crippen LogP contribution is 2.19. The third kappa shape index (κ3) is 3.34. The Balaban J connectivity index is 3.07. The van der Waals surface area contributed by atoms with Gasteiger partial charge in [-0.2, -0.15) is 10.1 Å². The number of carbonyl (C=O) groups excluding carboxylic acids is 1. The minimum Gasteiger partial charge on any atom is -0.487 e. The van der Waals surface area contributed by atoms with E-state index in [1.165, 1.54) is 0 Å². The monoisotopic (exact) mass is 266 g/mol. The van der Waals surface area contributed by atoms with Crippen LogP contribution < -0.4 is 5.01 Å². The van der Waals surface area contributed by atoms with E-state index >= 15 is 0 Å². The first kappa shape index (κ1) is 14.3. The largest absolute Gasteiger partial charge is 0.487 e. The summed E-state index contributed by atoms with van der Waals surface area (Å²) in [4.78, 5) is 12.2. The number of amides is 1. The molecular weight excluding hydrogens is 252 g/mol. The number of rotatable bonds is 5. The van der Waals surface area contributed by atoms with Gasteiger partial charge in [-0.05, 0) is 26.0 Å². The molecule has 0 heterocycles. The molecule has 0 bridgehead atoms. The number of hydrogen-bond donors (Lipinski definition) is 0. The van der Waals surface area contributed by atoms with E-state index < -0.39 is 5.91 Å². The molecule has 1 aromatic rings. The SMILES string of the molecule is C=NN(C(=O)/C(OCC)=C(\C)Cl)c1ccccc1. The quantitative estimate of drug-likeness (QED) is 0.356. The molecule has 1 amide bonds. The Labute approximate surface area is 112 Å². The average molecular weight is 267 g/mol. The van der Waals surface area contributed by atoms with Crippen LogP contribution >= 0.6 is 11.6 Å². The maximum atomic E-state index is 12.2. The van der Waals surface area contributed by atoms with Gasteiger partial charge in [-0.1, -0.05) is 29.8 Å². The summed E-state index contributed by atoms with van der Waals surface area (Å²) in [5.74, 6) is -0.360. The fraction of sp³-hybridized carbons (Fsp3) is 0.231. The van der Waals surface area contributed by atoms with E-state index in [1.807, 2.05) is 6.07 Å². The van der Waals surface area contributed by atoms with Crippen LogP contribution in [0.25, 0.3) is 0 Å². The number of allylic oxidation sites excluding steroid dienone is 1. The lowest BCUT2D eigenvalue weighted by molar-refractivity contribution is -0.118. The van der Waals surface area contributed by atoms with Crippen LogP contribution in [0.15, 0.2) is 46.2 Å². The van der Waals surface area contributed by atoms with Crippen molar-refractivity contribution in [2.75, 3.05) is 11.6 Å². The molecule has 0 aliphatic heterocycles. The van der Waals surface area contributed by atoms with Crippen molar-refractivity contribution in [1.29, 1.82) is 0 Å². The minimum absolute atomic E-state index is 0.0791. The maximum Gasteiger partial charge on any atom is 0.314 e. The lowest BCUT2D eigenvalue weighted by atomic mass is 10.3. The molecule has 0 aliphatic rings. The predicted molar refractivity (Wildman–Crippen MR) is 73.7 cm³/mol. The van der Waals surface area contributed by atoms with Gasteiger partial charge >= 0.3 is 5.91 Å². The summed E-state index contributed by atoms with van der Waals surface area (Å²) in [6.45, 7) is 7.12. The van der Waals surface area contributed by atoms with Crippen molar-refractivity contribution >= 4 is 29.9 Å². The summed E-state index contributed by atoms with van der Waals surface area (Å²) in [6, 6.07) is 8.96. The van der Waals surface area contributed by atoms with Gasteiger partial charge in [-0.15, -0.1) is 0 Å². The highest BCUT2D eigenvalue weighted by Gasteiger charge is 2.22. The molecule has 96 valence electrons. The van der Waals surface area contributed by atoms with Crippen LogP contribution in [0.4, 0.5) is 5.69 Å². The third-order valence-electron chi connectivity index (χ3n) is 2.13. The van der Waals surface area contributed by atoms with Crippen molar-refractivity contribution in [3.63, 3.8) is 0 Å². The molecular formula is C13H15ClN2O2. The molecule has 18 heavy (non-hydrogen) atoms. The van der Waals surface area contributed by atoms with Crippen molar-refractivity contribution in [2.24, 2.45) is 5.10 Å². The van der Waals surface area contributed by atoms with Crippen molar-refractivity contribution in [1.82, 2.24) is 0 Å². The summed E-state index contributed by atoms with van der Waals surface area (Å²) in [5, 5.41) is 5.14. The fourth-order valence-electron chi connectivity index (χ4n) is 1.38. The summed E-state index contributed by atoms with van der Waals surface area (Å²) < 4.78 is 5.24.